The number of nitrogens with two attached hydrogens (primary N) is 1. The van der Waals surface area contributed by atoms with Crippen LogP contribution in [-0.4, -0.2) is 149 Å². The van der Waals surface area contributed by atoms with Gasteiger partial charge in [-0.1, -0.05) is 77.0 Å². The second-order valence-corrected chi connectivity index (χ2v) is 14.9. The van der Waals surface area contributed by atoms with Crippen LogP contribution in [0, 0.1) is 0 Å². The Morgan fingerprint density at radius 1 is 0.404 bits per heavy atom. The van der Waals surface area contributed by atoms with Crippen molar-refractivity contribution in [3.8, 4) is 0 Å². The third-order valence-electron chi connectivity index (χ3n) is 8.32. The van der Waals surface area contributed by atoms with E-state index in [9.17, 15) is 14.4 Å². The Morgan fingerprint density at radius 2 is 0.719 bits per heavy atom. The Bertz CT molecular complexity index is 895. The van der Waals surface area contributed by atoms with E-state index in [4.69, 9.17) is 48.4 Å². The highest BCUT2D eigenvalue weighted by atomic mass is 16.6. The van der Waals surface area contributed by atoms with Crippen molar-refractivity contribution in [1.29, 1.82) is 0 Å². The molecule has 0 aromatic heterocycles. The number of ether oxygens (including phenoxy) is 9. The number of unbranched alkanes of at least 4 members (excludes halogenated alkanes) is 13. The molecular formula is C42H83N3O12. The largest absolute Gasteiger partial charge is 0.460 e. The van der Waals surface area contributed by atoms with Gasteiger partial charge in [-0.15, -0.1) is 0 Å². The molecule has 0 aliphatic rings. The third-order valence-corrected chi connectivity index (χ3v) is 8.32. The number of rotatable bonds is 45. The summed E-state index contributed by atoms with van der Waals surface area (Å²) in [7, 11) is 0. The molecule has 0 bridgehead atoms. The van der Waals surface area contributed by atoms with Gasteiger partial charge in [0.1, 0.15) is 12.2 Å². The molecule has 0 fully saturated rings. The van der Waals surface area contributed by atoms with Crippen molar-refractivity contribution in [3.63, 3.8) is 0 Å². The molecule has 0 aliphatic heterocycles. The Hall–Kier alpha value is -1.95. The zero-order chi connectivity index (χ0) is 41.8. The molecule has 0 aromatic carbocycles. The molecule has 0 atom stereocenters. The fraction of sp³-hybridized carbons (Fsp3) is 0.929. The van der Waals surface area contributed by atoms with E-state index in [1.54, 1.807) is 0 Å². The molecule has 0 radical (unpaired) electrons. The lowest BCUT2D eigenvalue weighted by Crippen LogP contribution is -2.31. The van der Waals surface area contributed by atoms with Gasteiger partial charge < -0.3 is 59.0 Å². The molecule has 0 spiro atoms. The highest BCUT2D eigenvalue weighted by Crippen LogP contribution is 2.15. The summed E-state index contributed by atoms with van der Waals surface area (Å²) in [6, 6.07) is 0. The van der Waals surface area contributed by atoms with Gasteiger partial charge in [0.25, 0.3) is 0 Å². The van der Waals surface area contributed by atoms with E-state index in [1.807, 2.05) is 20.8 Å². The second-order valence-electron chi connectivity index (χ2n) is 14.9. The van der Waals surface area contributed by atoms with Gasteiger partial charge in [-0.25, -0.2) is 0 Å². The van der Waals surface area contributed by atoms with Crippen LogP contribution in [-0.2, 0) is 57.0 Å². The lowest BCUT2D eigenvalue weighted by Gasteiger charge is -2.19. The first kappa shape index (κ1) is 55.0. The average molecular weight is 822 g/mol. The number of hydrogen-bond acceptors (Lipinski definition) is 13. The van der Waals surface area contributed by atoms with E-state index in [1.165, 1.54) is 64.2 Å². The zero-order valence-corrected chi connectivity index (χ0v) is 36.2. The normalized spacial score (nSPS) is 11.6. The molecule has 0 rings (SSSR count). The van der Waals surface area contributed by atoms with Crippen molar-refractivity contribution in [2.75, 3.05) is 125 Å². The molecule has 15 heteroatoms. The second kappa shape index (κ2) is 43.6. The molecule has 4 N–H and O–H groups in total. The number of esters is 1. The Labute approximate surface area is 345 Å². The summed E-state index contributed by atoms with van der Waals surface area (Å²) in [5, 5.41) is 5.65. The smallest absolute Gasteiger partial charge is 0.306 e. The summed E-state index contributed by atoms with van der Waals surface area (Å²) < 4.78 is 48.5. The first-order valence-corrected chi connectivity index (χ1v) is 21.8. The number of hydrogen-bond donors (Lipinski definition) is 3. The van der Waals surface area contributed by atoms with Crippen molar-refractivity contribution in [1.82, 2.24) is 10.6 Å². The van der Waals surface area contributed by atoms with Gasteiger partial charge in [0, 0.05) is 32.5 Å². The van der Waals surface area contributed by atoms with Crippen LogP contribution in [0.3, 0.4) is 0 Å². The number of carbonyl (C=O) groups is 3. The summed E-state index contributed by atoms with van der Waals surface area (Å²) in [6.45, 7) is 13.9. The van der Waals surface area contributed by atoms with E-state index in [0.717, 1.165) is 25.7 Å². The lowest BCUT2D eigenvalue weighted by atomic mass is 10.0. The summed E-state index contributed by atoms with van der Waals surface area (Å²) in [5.41, 5.74) is 4.94. The minimum absolute atomic E-state index is 0.0235. The number of nitrogens with one attached hydrogen (secondary N) is 2. The highest BCUT2D eigenvalue weighted by Gasteiger charge is 2.15. The minimum Gasteiger partial charge on any atom is -0.460 e. The molecule has 2 amide bonds. The minimum atomic E-state index is -0.382. The van der Waals surface area contributed by atoms with Crippen molar-refractivity contribution < 1.29 is 57.0 Å². The molecule has 0 aromatic rings. The van der Waals surface area contributed by atoms with Crippen molar-refractivity contribution in [2.45, 2.75) is 129 Å². The predicted molar refractivity (Wildman–Crippen MR) is 221 cm³/mol. The van der Waals surface area contributed by atoms with Crippen LogP contribution < -0.4 is 16.4 Å². The lowest BCUT2D eigenvalue weighted by molar-refractivity contribution is -0.155. The quantitative estimate of drug-likeness (QED) is 0.0558. The van der Waals surface area contributed by atoms with Crippen molar-refractivity contribution in [3.05, 3.63) is 0 Å². The highest BCUT2D eigenvalue weighted by molar-refractivity contribution is 5.77. The monoisotopic (exact) mass is 822 g/mol. The molecule has 0 aliphatic carbocycles. The number of carbonyl (C=O) groups excluding carboxylic acids is 3. The maximum Gasteiger partial charge on any atom is 0.306 e. The molecule has 15 nitrogen and oxygen atoms in total. The van der Waals surface area contributed by atoms with Crippen LogP contribution in [0.1, 0.15) is 124 Å². The van der Waals surface area contributed by atoms with Gasteiger partial charge in [-0.2, -0.15) is 0 Å². The van der Waals surface area contributed by atoms with Gasteiger partial charge in [-0.3, -0.25) is 14.4 Å². The third kappa shape index (κ3) is 48.3. The fourth-order valence-corrected chi connectivity index (χ4v) is 5.40. The molecule has 0 heterocycles. The molecule has 0 unspecified atom stereocenters. The van der Waals surface area contributed by atoms with Crippen molar-refractivity contribution >= 4 is 17.8 Å². The topological polar surface area (TPSA) is 184 Å². The van der Waals surface area contributed by atoms with Gasteiger partial charge >= 0.3 is 5.97 Å². The summed E-state index contributed by atoms with van der Waals surface area (Å²) in [5.74, 6) is -0.188. The van der Waals surface area contributed by atoms with Gasteiger partial charge in [0.05, 0.1) is 99.1 Å². The predicted octanol–water partition coefficient (Wildman–Crippen LogP) is 4.89. The van der Waals surface area contributed by atoms with E-state index in [2.05, 4.69) is 10.6 Å². The molecule has 0 saturated carbocycles. The Morgan fingerprint density at radius 3 is 1.11 bits per heavy atom. The summed E-state index contributed by atoms with van der Waals surface area (Å²) in [6.07, 6.45) is 17.9. The Kier molecular flexibility index (Phi) is 42.1. The van der Waals surface area contributed by atoms with Crippen LogP contribution in [0.15, 0.2) is 0 Å². The maximum absolute atomic E-state index is 12.1. The van der Waals surface area contributed by atoms with E-state index in [-0.39, 0.29) is 30.0 Å². The Balaban J connectivity index is 3.23. The standard InChI is InChI=1S/C42H83N3O12/c1-42(2,3)57-41(48)19-17-15-13-11-9-7-5-4-6-8-10-12-14-16-18-39(46)44-21-24-50-27-30-52-32-34-54-35-33-53-31-28-51-25-22-45-40(47)38-56-37-36-55-29-26-49-23-20-43/h4-38,43H2,1-3H3,(H,44,46)(H,45,47). The van der Waals surface area contributed by atoms with Crippen LogP contribution >= 0.6 is 0 Å². The maximum atomic E-state index is 12.1. The van der Waals surface area contributed by atoms with E-state index in [0.29, 0.717) is 132 Å². The molecule has 0 saturated heterocycles. The first-order chi connectivity index (χ1) is 27.7. The summed E-state index contributed by atoms with van der Waals surface area (Å²) in [4.78, 5) is 35.5. The SMILES string of the molecule is CC(C)(C)OC(=O)CCCCCCCCCCCCCCCCC(=O)NCCOCCOCCOCCOCCOCCNC(=O)COCCOCCOCCN. The van der Waals surface area contributed by atoms with Crippen LogP contribution in [0.25, 0.3) is 0 Å². The van der Waals surface area contributed by atoms with Crippen LogP contribution in [0.5, 0.6) is 0 Å². The van der Waals surface area contributed by atoms with Crippen LogP contribution in [0.2, 0.25) is 0 Å². The van der Waals surface area contributed by atoms with E-state index < -0.39 is 0 Å². The van der Waals surface area contributed by atoms with Gasteiger partial charge in [0.15, 0.2) is 0 Å². The van der Waals surface area contributed by atoms with Crippen LogP contribution in [0.4, 0.5) is 0 Å². The van der Waals surface area contributed by atoms with Crippen molar-refractivity contribution in [2.24, 2.45) is 5.73 Å². The number of amides is 2. The molecule has 338 valence electrons. The molecule has 57 heavy (non-hydrogen) atoms. The van der Waals surface area contributed by atoms with Gasteiger partial charge in [0.2, 0.25) is 11.8 Å². The first-order valence-electron chi connectivity index (χ1n) is 21.8. The summed E-state index contributed by atoms with van der Waals surface area (Å²) >= 11 is 0. The zero-order valence-electron chi connectivity index (χ0n) is 36.2. The average Bonchev–Trinajstić information content (AvgIpc) is 3.17. The fourth-order valence-electron chi connectivity index (χ4n) is 5.40. The molecular weight excluding hydrogens is 738 g/mol. The van der Waals surface area contributed by atoms with Gasteiger partial charge in [-0.05, 0) is 33.6 Å². The van der Waals surface area contributed by atoms with E-state index >= 15 is 0 Å².